The highest BCUT2D eigenvalue weighted by Gasteiger charge is 2.11. The molecule has 2 rings (SSSR count). The van der Waals surface area contributed by atoms with Gasteiger partial charge in [0.25, 0.3) is 0 Å². The van der Waals surface area contributed by atoms with Crippen molar-refractivity contribution in [3.8, 4) is 5.75 Å². The molecular formula is C18H25N3O. The molecule has 5 N–H and O–H groups in total. The molecule has 118 valence electrons. The summed E-state index contributed by atoms with van der Waals surface area (Å²) >= 11 is 0. The van der Waals surface area contributed by atoms with Crippen molar-refractivity contribution in [2.45, 2.75) is 25.8 Å². The maximum atomic E-state index is 5.90. The summed E-state index contributed by atoms with van der Waals surface area (Å²) in [5.74, 6) is 0.822. The lowest BCUT2D eigenvalue weighted by molar-refractivity contribution is 0.243. The summed E-state index contributed by atoms with van der Waals surface area (Å²) in [6.07, 6.45) is 0.907. The molecule has 0 aliphatic rings. The molecule has 0 atom stereocenters. The molecule has 22 heavy (non-hydrogen) atoms. The fourth-order valence-electron chi connectivity index (χ4n) is 1.99. The second-order valence-electron chi connectivity index (χ2n) is 6.16. The van der Waals surface area contributed by atoms with Gasteiger partial charge in [-0.25, -0.2) is 0 Å². The summed E-state index contributed by atoms with van der Waals surface area (Å²) in [5.41, 5.74) is 14.4. The average molecular weight is 299 g/mol. The van der Waals surface area contributed by atoms with E-state index in [4.69, 9.17) is 16.2 Å². The lowest BCUT2D eigenvalue weighted by Crippen LogP contribution is -2.38. The highest BCUT2D eigenvalue weighted by molar-refractivity contribution is 5.60. The summed E-state index contributed by atoms with van der Waals surface area (Å²) in [5, 5.41) is 3.36. The van der Waals surface area contributed by atoms with E-state index < -0.39 is 0 Å². The molecule has 0 heterocycles. The highest BCUT2D eigenvalue weighted by atomic mass is 16.5. The number of benzene rings is 2. The monoisotopic (exact) mass is 299 g/mol. The third-order valence-electron chi connectivity index (χ3n) is 3.14. The van der Waals surface area contributed by atoms with Gasteiger partial charge in [-0.05, 0) is 68.8 Å². The van der Waals surface area contributed by atoms with E-state index in [1.54, 1.807) is 0 Å². The van der Waals surface area contributed by atoms with E-state index in [0.29, 0.717) is 13.2 Å². The van der Waals surface area contributed by atoms with E-state index in [1.165, 1.54) is 5.56 Å². The van der Waals surface area contributed by atoms with Crippen LogP contribution in [-0.4, -0.2) is 18.7 Å². The number of ether oxygens (including phenoxy) is 1. The molecule has 4 nitrogen and oxygen atoms in total. The molecule has 2 aromatic rings. The van der Waals surface area contributed by atoms with Crippen LogP contribution in [-0.2, 0) is 6.42 Å². The van der Waals surface area contributed by atoms with Crippen LogP contribution in [0.25, 0.3) is 0 Å². The van der Waals surface area contributed by atoms with Crippen molar-refractivity contribution in [3.05, 3.63) is 54.1 Å². The molecule has 0 amide bonds. The quantitative estimate of drug-likeness (QED) is 0.734. The van der Waals surface area contributed by atoms with E-state index >= 15 is 0 Å². The van der Waals surface area contributed by atoms with Gasteiger partial charge >= 0.3 is 0 Å². The van der Waals surface area contributed by atoms with Crippen LogP contribution in [0.5, 0.6) is 5.75 Å². The second-order valence-corrected chi connectivity index (χ2v) is 6.16. The first-order valence-corrected chi connectivity index (χ1v) is 7.54. The zero-order valence-corrected chi connectivity index (χ0v) is 13.3. The van der Waals surface area contributed by atoms with Crippen molar-refractivity contribution in [2.24, 2.45) is 11.5 Å². The second kappa shape index (κ2) is 7.29. The van der Waals surface area contributed by atoms with Gasteiger partial charge in [-0.3, -0.25) is 0 Å². The third-order valence-corrected chi connectivity index (χ3v) is 3.14. The van der Waals surface area contributed by atoms with Crippen LogP contribution >= 0.6 is 0 Å². The Balaban J connectivity index is 1.93. The van der Waals surface area contributed by atoms with Gasteiger partial charge in [0.05, 0.1) is 0 Å². The first-order valence-electron chi connectivity index (χ1n) is 7.54. The van der Waals surface area contributed by atoms with E-state index in [0.717, 1.165) is 23.5 Å². The van der Waals surface area contributed by atoms with Gasteiger partial charge in [0.2, 0.25) is 0 Å². The Bertz CT molecular complexity index is 571. The molecule has 0 unspecified atom stereocenters. The van der Waals surface area contributed by atoms with Gasteiger partial charge in [-0.1, -0.05) is 12.1 Å². The predicted molar refractivity (Wildman–Crippen MR) is 92.7 cm³/mol. The molecule has 0 fully saturated rings. The zero-order valence-electron chi connectivity index (χ0n) is 13.3. The van der Waals surface area contributed by atoms with Crippen LogP contribution in [0, 0.1) is 0 Å². The van der Waals surface area contributed by atoms with Crippen molar-refractivity contribution < 1.29 is 4.74 Å². The zero-order chi connectivity index (χ0) is 16.0. The Morgan fingerprint density at radius 1 is 0.955 bits per heavy atom. The minimum absolute atomic E-state index is 0.331. The fourth-order valence-corrected chi connectivity index (χ4v) is 1.99. The summed E-state index contributed by atoms with van der Waals surface area (Å²) in [4.78, 5) is 0. The molecule has 0 aliphatic carbocycles. The summed E-state index contributed by atoms with van der Waals surface area (Å²) in [6.45, 7) is 5.05. The lowest BCUT2D eigenvalue weighted by Gasteiger charge is -2.19. The Hall–Kier alpha value is -2.04. The number of nitrogens with two attached hydrogens (primary N) is 2. The van der Waals surface area contributed by atoms with Gasteiger partial charge in [0, 0.05) is 16.9 Å². The molecule has 0 saturated heterocycles. The standard InChI is InChI=1S/C18H25N3O/c1-18(2,20)13-22-17-9-7-16(8-10-17)21-15-5-3-14(4-6-15)11-12-19/h3-10,21H,11-13,19-20H2,1-2H3. The maximum Gasteiger partial charge on any atom is 0.119 e. The minimum Gasteiger partial charge on any atom is -0.492 e. The SMILES string of the molecule is CC(C)(N)COc1ccc(Nc2ccc(CCN)cc2)cc1. The normalized spacial score (nSPS) is 11.3. The average Bonchev–Trinajstić information content (AvgIpc) is 2.48. The molecule has 4 heteroatoms. The Morgan fingerprint density at radius 2 is 1.50 bits per heavy atom. The van der Waals surface area contributed by atoms with Gasteiger partial charge in [0.15, 0.2) is 0 Å². The number of nitrogens with one attached hydrogen (secondary N) is 1. The smallest absolute Gasteiger partial charge is 0.119 e. The molecule has 0 aliphatic heterocycles. The summed E-state index contributed by atoms with van der Waals surface area (Å²) in [7, 11) is 0. The molecule has 0 bridgehead atoms. The molecule has 0 spiro atoms. The van der Waals surface area contributed by atoms with Crippen LogP contribution in [0.2, 0.25) is 0 Å². The van der Waals surface area contributed by atoms with E-state index in [2.05, 4.69) is 29.6 Å². The molecule has 0 radical (unpaired) electrons. The molecule has 0 saturated carbocycles. The Morgan fingerprint density at radius 3 is 2.00 bits per heavy atom. The number of anilines is 2. The van der Waals surface area contributed by atoms with Crippen LogP contribution in [0.4, 0.5) is 11.4 Å². The number of hydrogen-bond acceptors (Lipinski definition) is 4. The summed E-state index contributed by atoms with van der Waals surface area (Å²) < 4.78 is 5.65. The first kappa shape index (κ1) is 16.3. The van der Waals surface area contributed by atoms with Crippen LogP contribution in [0.15, 0.2) is 48.5 Å². The highest BCUT2D eigenvalue weighted by Crippen LogP contribution is 2.21. The van der Waals surface area contributed by atoms with Crippen LogP contribution in [0.3, 0.4) is 0 Å². The molecular weight excluding hydrogens is 274 g/mol. The van der Waals surface area contributed by atoms with Crippen molar-refractivity contribution in [1.82, 2.24) is 0 Å². The van der Waals surface area contributed by atoms with Crippen molar-refractivity contribution >= 4 is 11.4 Å². The van der Waals surface area contributed by atoms with Crippen molar-refractivity contribution in [3.63, 3.8) is 0 Å². The fraction of sp³-hybridized carbons (Fsp3) is 0.333. The topological polar surface area (TPSA) is 73.3 Å². The van der Waals surface area contributed by atoms with E-state index in [-0.39, 0.29) is 5.54 Å². The van der Waals surface area contributed by atoms with E-state index in [9.17, 15) is 0 Å². The molecule has 2 aromatic carbocycles. The van der Waals surface area contributed by atoms with Gasteiger partial charge in [-0.2, -0.15) is 0 Å². The first-order chi connectivity index (χ1) is 10.5. The Labute approximate surface area is 132 Å². The minimum atomic E-state index is -0.331. The van der Waals surface area contributed by atoms with Crippen LogP contribution < -0.4 is 21.5 Å². The van der Waals surface area contributed by atoms with Gasteiger partial charge in [0.1, 0.15) is 12.4 Å². The third kappa shape index (κ3) is 5.39. The maximum absolute atomic E-state index is 5.90. The Kier molecular flexibility index (Phi) is 5.41. The van der Waals surface area contributed by atoms with Crippen LogP contribution in [0.1, 0.15) is 19.4 Å². The predicted octanol–water partition coefficient (Wildman–Crippen LogP) is 3.05. The largest absolute Gasteiger partial charge is 0.492 e. The lowest BCUT2D eigenvalue weighted by atomic mass is 10.1. The van der Waals surface area contributed by atoms with Crippen molar-refractivity contribution in [2.75, 3.05) is 18.5 Å². The van der Waals surface area contributed by atoms with E-state index in [1.807, 2.05) is 38.1 Å². The van der Waals surface area contributed by atoms with Gasteiger partial charge < -0.3 is 21.5 Å². The van der Waals surface area contributed by atoms with Gasteiger partial charge in [-0.15, -0.1) is 0 Å². The number of hydrogen-bond donors (Lipinski definition) is 3. The number of rotatable bonds is 7. The molecule has 0 aromatic heterocycles. The summed E-state index contributed by atoms with van der Waals surface area (Å²) in [6, 6.07) is 16.2. The van der Waals surface area contributed by atoms with Crippen molar-refractivity contribution in [1.29, 1.82) is 0 Å².